The van der Waals surface area contributed by atoms with E-state index in [0.717, 1.165) is 103 Å². The number of allylic oxidation sites excluding steroid dienone is 6. The second-order valence-electron chi connectivity index (χ2n) is 21.3. The maximum Gasteiger partial charge on any atom is 0.335 e. The van der Waals surface area contributed by atoms with Gasteiger partial charge in [-0.25, -0.2) is 4.79 Å². The highest BCUT2D eigenvalue weighted by atomic mass is 16.7. The summed E-state index contributed by atoms with van der Waals surface area (Å²) in [5.74, 6) is -3.10. The van der Waals surface area contributed by atoms with Gasteiger partial charge < -0.3 is 39.0 Å². The van der Waals surface area contributed by atoms with E-state index in [2.05, 4.69) is 57.2 Å². The Morgan fingerprint density at radius 2 is 0.840 bits per heavy atom. The number of unbranched alkanes of at least 4 members (excludes halogenated alkanes) is 33. The van der Waals surface area contributed by atoms with E-state index in [-0.39, 0.29) is 25.9 Å². The van der Waals surface area contributed by atoms with Crippen LogP contribution in [0, 0.1) is 0 Å². The Morgan fingerprint density at radius 3 is 1.28 bits per heavy atom. The van der Waals surface area contributed by atoms with Crippen molar-refractivity contribution in [3.8, 4) is 0 Å². The van der Waals surface area contributed by atoms with Crippen molar-refractivity contribution in [2.75, 3.05) is 13.2 Å². The molecule has 6 unspecified atom stereocenters. The number of hydrogen-bond acceptors (Lipinski definition) is 11. The molecule has 0 radical (unpaired) electrons. The van der Waals surface area contributed by atoms with Crippen LogP contribution in [0.1, 0.15) is 290 Å². The molecule has 0 aromatic heterocycles. The fraction of sp³-hybridized carbons (Fsp3) is 0.841. The highest BCUT2D eigenvalue weighted by Crippen LogP contribution is 2.27. The molecule has 6 atom stereocenters. The number of hydrogen-bond donors (Lipinski definition) is 3. The molecule has 12 heteroatoms. The zero-order valence-electron chi connectivity index (χ0n) is 48.1. The largest absolute Gasteiger partial charge is 0.479 e. The number of carbonyl (C=O) groups excluding carboxylic acids is 3. The van der Waals surface area contributed by atoms with Crippen molar-refractivity contribution in [2.45, 2.75) is 327 Å². The van der Waals surface area contributed by atoms with Gasteiger partial charge in [-0.3, -0.25) is 14.4 Å². The zero-order chi connectivity index (χ0) is 54.7. The average molecular weight is 1060 g/mol. The lowest BCUT2D eigenvalue weighted by molar-refractivity contribution is -0.301. The smallest absolute Gasteiger partial charge is 0.335 e. The molecule has 436 valence electrons. The number of aliphatic hydroxyl groups is 2. The summed E-state index contributed by atoms with van der Waals surface area (Å²) in [6.45, 7) is 5.91. The monoisotopic (exact) mass is 1060 g/mol. The third-order valence-electron chi connectivity index (χ3n) is 14.2. The number of aliphatic carboxylic acids is 1. The minimum Gasteiger partial charge on any atom is -0.479 e. The SMILES string of the molecule is CC/C=C\C/C=C\C/C=C\CCCCCCCCCC(=O)OC1C(OCC(COC(=O)CCCCCCCCCCCCCCCCCCC)OC(=O)CCCCCCCCCCCCC)OC(C(=O)O)C(O)C1O. The third kappa shape index (κ3) is 41.7. The molecular weight excluding hydrogens is 949 g/mol. The van der Waals surface area contributed by atoms with Crippen LogP contribution in [0.15, 0.2) is 36.5 Å². The van der Waals surface area contributed by atoms with E-state index in [4.69, 9.17) is 23.7 Å². The Balaban J connectivity index is 2.63. The van der Waals surface area contributed by atoms with Gasteiger partial charge in [0, 0.05) is 19.3 Å². The van der Waals surface area contributed by atoms with Crippen LogP contribution in [0.3, 0.4) is 0 Å². The lowest BCUT2D eigenvalue weighted by Crippen LogP contribution is -2.61. The number of aliphatic hydroxyl groups excluding tert-OH is 2. The molecule has 1 aliphatic heterocycles. The molecule has 1 fully saturated rings. The van der Waals surface area contributed by atoms with Gasteiger partial charge in [-0.1, -0.05) is 256 Å². The van der Waals surface area contributed by atoms with Gasteiger partial charge in [-0.05, 0) is 51.4 Å². The topological polar surface area (TPSA) is 175 Å². The summed E-state index contributed by atoms with van der Waals surface area (Å²) in [5, 5.41) is 31.5. The first-order chi connectivity index (χ1) is 36.6. The fourth-order valence-corrected chi connectivity index (χ4v) is 9.50. The summed E-state index contributed by atoms with van der Waals surface area (Å²) >= 11 is 0. The van der Waals surface area contributed by atoms with Gasteiger partial charge in [0.05, 0.1) is 6.61 Å². The van der Waals surface area contributed by atoms with Crippen molar-refractivity contribution in [1.29, 1.82) is 0 Å². The Hall–Kier alpha value is -3.06. The molecule has 75 heavy (non-hydrogen) atoms. The van der Waals surface area contributed by atoms with E-state index in [1.165, 1.54) is 128 Å². The first-order valence-electron chi connectivity index (χ1n) is 31.0. The van der Waals surface area contributed by atoms with E-state index in [1.54, 1.807) is 0 Å². The summed E-state index contributed by atoms with van der Waals surface area (Å²) in [5.41, 5.74) is 0. The molecule has 0 aliphatic carbocycles. The second-order valence-corrected chi connectivity index (χ2v) is 21.3. The molecule has 12 nitrogen and oxygen atoms in total. The summed E-state index contributed by atoms with van der Waals surface area (Å²) in [6.07, 6.45) is 48.3. The maximum atomic E-state index is 13.1. The van der Waals surface area contributed by atoms with Crippen molar-refractivity contribution >= 4 is 23.9 Å². The van der Waals surface area contributed by atoms with Gasteiger partial charge in [0.1, 0.15) is 18.8 Å². The Labute approximate surface area is 457 Å². The fourth-order valence-electron chi connectivity index (χ4n) is 9.50. The molecule has 3 N–H and O–H groups in total. The van der Waals surface area contributed by atoms with Crippen LogP contribution in [0.5, 0.6) is 0 Å². The average Bonchev–Trinajstić information content (AvgIpc) is 3.39. The van der Waals surface area contributed by atoms with E-state index in [0.29, 0.717) is 19.3 Å². The maximum absolute atomic E-state index is 13.1. The number of carboxylic acid groups (broad SMARTS) is 1. The molecular formula is C63H112O12. The standard InChI is InChI=1S/C63H112O12/c1-4-7-10-13-16-19-22-24-26-28-30-32-35-37-40-43-46-49-55(64)71-52-54(73-56(65)50-47-44-41-38-34-21-18-15-12-9-6-3)53-72-63-61(59(68)58(67)60(75-63)62(69)70)74-57(66)51-48-45-42-39-36-33-31-29-27-25-23-20-17-14-11-8-5-2/h8,11,17,20,25,27,54,58-61,63,67-68H,4-7,9-10,12-16,18-19,21-24,26,28-53H2,1-3H3,(H,69,70)/b11-8-,20-17-,27-25-. The minimum atomic E-state index is -1.90. The van der Waals surface area contributed by atoms with Crippen LogP contribution in [0.25, 0.3) is 0 Å². The predicted molar refractivity (Wildman–Crippen MR) is 303 cm³/mol. The number of esters is 3. The Bertz CT molecular complexity index is 1450. The molecule has 0 aromatic rings. The van der Waals surface area contributed by atoms with Gasteiger partial charge in [0.15, 0.2) is 24.6 Å². The lowest BCUT2D eigenvalue weighted by Gasteiger charge is -2.40. The summed E-state index contributed by atoms with van der Waals surface area (Å²) in [6, 6.07) is 0. The van der Waals surface area contributed by atoms with Crippen molar-refractivity contribution in [1.82, 2.24) is 0 Å². The lowest BCUT2D eigenvalue weighted by atomic mass is 9.98. The number of ether oxygens (including phenoxy) is 5. The predicted octanol–water partition coefficient (Wildman–Crippen LogP) is 16.0. The molecule has 0 aromatic carbocycles. The van der Waals surface area contributed by atoms with Crippen LogP contribution >= 0.6 is 0 Å². The molecule has 0 saturated carbocycles. The zero-order valence-corrected chi connectivity index (χ0v) is 48.1. The second kappa shape index (κ2) is 51.7. The summed E-state index contributed by atoms with van der Waals surface area (Å²) < 4.78 is 28.5. The molecule has 1 rings (SSSR count). The van der Waals surface area contributed by atoms with Crippen LogP contribution in [-0.4, -0.2) is 89.2 Å². The first-order valence-corrected chi connectivity index (χ1v) is 31.0. The van der Waals surface area contributed by atoms with Gasteiger partial charge in [0.25, 0.3) is 0 Å². The number of carbonyl (C=O) groups is 4. The normalized spacial score (nSPS) is 18.3. The molecule has 0 amide bonds. The highest BCUT2D eigenvalue weighted by Gasteiger charge is 2.50. The van der Waals surface area contributed by atoms with E-state index >= 15 is 0 Å². The number of rotatable bonds is 53. The van der Waals surface area contributed by atoms with Crippen molar-refractivity contribution in [3.05, 3.63) is 36.5 Å². The van der Waals surface area contributed by atoms with Gasteiger partial charge in [0.2, 0.25) is 0 Å². The molecule has 0 spiro atoms. The van der Waals surface area contributed by atoms with Crippen molar-refractivity contribution in [2.24, 2.45) is 0 Å². The van der Waals surface area contributed by atoms with Crippen LogP contribution in [-0.2, 0) is 42.9 Å². The number of carboxylic acids is 1. The van der Waals surface area contributed by atoms with Gasteiger partial charge in [-0.2, -0.15) is 0 Å². The summed E-state index contributed by atoms with van der Waals surface area (Å²) in [7, 11) is 0. The third-order valence-corrected chi connectivity index (χ3v) is 14.2. The first kappa shape index (κ1) is 70.0. The Morgan fingerprint density at radius 1 is 0.453 bits per heavy atom. The minimum absolute atomic E-state index is 0.0528. The van der Waals surface area contributed by atoms with E-state index in [9.17, 15) is 34.5 Å². The van der Waals surface area contributed by atoms with Crippen molar-refractivity contribution in [3.63, 3.8) is 0 Å². The molecule has 1 heterocycles. The highest BCUT2D eigenvalue weighted by molar-refractivity contribution is 5.74. The van der Waals surface area contributed by atoms with Gasteiger partial charge in [-0.15, -0.1) is 0 Å². The molecule has 0 bridgehead atoms. The van der Waals surface area contributed by atoms with E-state index in [1.807, 2.05) is 0 Å². The Kier molecular flexibility index (Phi) is 48.2. The summed E-state index contributed by atoms with van der Waals surface area (Å²) in [4.78, 5) is 51.1. The van der Waals surface area contributed by atoms with Crippen LogP contribution in [0.2, 0.25) is 0 Å². The van der Waals surface area contributed by atoms with Crippen LogP contribution < -0.4 is 0 Å². The molecule has 1 aliphatic rings. The molecule has 1 saturated heterocycles. The van der Waals surface area contributed by atoms with E-state index < -0.39 is 67.3 Å². The van der Waals surface area contributed by atoms with Crippen molar-refractivity contribution < 1.29 is 58.2 Å². The van der Waals surface area contributed by atoms with Crippen LogP contribution in [0.4, 0.5) is 0 Å². The van der Waals surface area contributed by atoms with Gasteiger partial charge >= 0.3 is 23.9 Å². The quantitative estimate of drug-likeness (QED) is 0.0228.